The number of likely N-dealkylation sites (tertiary alicyclic amines) is 2. The fourth-order valence-corrected chi connectivity index (χ4v) is 3.94. The predicted molar refractivity (Wildman–Crippen MR) is 115 cm³/mol. The molecule has 7 nitrogen and oxygen atoms in total. The van der Waals surface area contributed by atoms with Crippen LogP contribution in [0, 0.1) is 0 Å². The molecule has 2 fully saturated rings. The minimum absolute atomic E-state index is 0.0341. The summed E-state index contributed by atoms with van der Waals surface area (Å²) >= 11 is 5.88. The Hall–Kier alpha value is -2.80. The van der Waals surface area contributed by atoms with E-state index in [0.29, 0.717) is 41.7 Å². The summed E-state index contributed by atoms with van der Waals surface area (Å²) < 4.78 is 6.07. The lowest BCUT2D eigenvalue weighted by Gasteiger charge is -2.27. The molecule has 2 aliphatic rings. The Kier molecular flexibility index (Phi) is 6.38. The van der Waals surface area contributed by atoms with Crippen LogP contribution in [0.1, 0.15) is 36.0 Å². The lowest BCUT2D eigenvalue weighted by atomic mass is 10.1. The van der Waals surface area contributed by atoms with Gasteiger partial charge in [-0.05, 0) is 55.7 Å². The van der Waals surface area contributed by atoms with Crippen LogP contribution in [0.4, 0.5) is 10.5 Å². The number of piperidine rings is 1. The van der Waals surface area contributed by atoms with Crippen molar-refractivity contribution in [2.75, 3.05) is 31.5 Å². The maximum absolute atomic E-state index is 12.9. The van der Waals surface area contributed by atoms with Crippen molar-refractivity contribution < 1.29 is 14.3 Å². The highest BCUT2D eigenvalue weighted by Crippen LogP contribution is 2.24. The second-order valence-electron chi connectivity index (χ2n) is 7.62. The molecule has 1 unspecified atom stereocenters. The van der Waals surface area contributed by atoms with Gasteiger partial charge in [-0.2, -0.15) is 0 Å². The molecule has 0 bridgehead atoms. The van der Waals surface area contributed by atoms with Crippen LogP contribution >= 0.6 is 11.6 Å². The van der Waals surface area contributed by atoms with Crippen LogP contribution in [0.3, 0.4) is 0 Å². The molecule has 8 heteroatoms. The molecule has 1 atom stereocenters. The van der Waals surface area contributed by atoms with Gasteiger partial charge in [0.2, 0.25) is 5.88 Å². The van der Waals surface area contributed by atoms with E-state index in [1.807, 2.05) is 4.90 Å². The van der Waals surface area contributed by atoms with Gasteiger partial charge >= 0.3 is 6.03 Å². The highest BCUT2D eigenvalue weighted by Gasteiger charge is 2.30. The summed E-state index contributed by atoms with van der Waals surface area (Å²) in [5, 5.41) is 3.48. The standard InChI is InChI=1S/C22H25ClN4O3/c23-16-6-8-17(9-7-16)25-22(29)27-14-10-18(15-27)30-20-19(5-4-11-24-20)21(28)26-12-2-1-3-13-26/h4-9,11,18H,1-3,10,12-15H2,(H,25,29). The molecule has 1 aromatic carbocycles. The van der Waals surface area contributed by atoms with Gasteiger partial charge < -0.3 is 19.9 Å². The van der Waals surface area contributed by atoms with E-state index in [2.05, 4.69) is 10.3 Å². The number of pyridine rings is 1. The van der Waals surface area contributed by atoms with Gasteiger partial charge in [0.25, 0.3) is 5.91 Å². The first kappa shape index (κ1) is 20.5. The molecule has 1 aromatic heterocycles. The van der Waals surface area contributed by atoms with E-state index >= 15 is 0 Å². The Morgan fingerprint density at radius 2 is 1.80 bits per heavy atom. The van der Waals surface area contributed by atoms with Gasteiger partial charge in [0, 0.05) is 43.0 Å². The van der Waals surface area contributed by atoms with Crippen LogP contribution in [0.25, 0.3) is 0 Å². The Bertz CT molecular complexity index is 900. The van der Waals surface area contributed by atoms with E-state index < -0.39 is 0 Å². The van der Waals surface area contributed by atoms with Crippen LogP contribution < -0.4 is 10.1 Å². The number of ether oxygens (including phenoxy) is 1. The van der Waals surface area contributed by atoms with Crippen molar-refractivity contribution in [3.8, 4) is 5.88 Å². The van der Waals surface area contributed by atoms with Gasteiger partial charge in [0.05, 0.1) is 6.54 Å². The monoisotopic (exact) mass is 428 g/mol. The fraction of sp³-hybridized carbons (Fsp3) is 0.409. The summed E-state index contributed by atoms with van der Waals surface area (Å²) in [4.78, 5) is 33.3. The van der Waals surface area contributed by atoms with Gasteiger partial charge in [-0.25, -0.2) is 9.78 Å². The Balaban J connectivity index is 1.37. The average molecular weight is 429 g/mol. The Labute approximate surface area is 181 Å². The summed E-state index contributed by atoms with van der Waals surface area (Å²) in [6.45, 7) is 2.56. The number of benzene rings is 1. The predicted octanol–water partition coefficient (Wildman–Crippen LogP) is 4.05. The number of nitrogens with zero attached hydrogens (tertiary/aromatic N) is 3. The first-order valence-electron chi connectivity index (χ1n) is 10.3. The van der Waals surface area contributed by atoms with E-state index in [0.717, 1.165) is 32.4 Å². The van der Waals surface area contributed by atoms with Crippen molar-refractivity contribution in [3.63, 3.8) is 0 Å². The molecule has 0 radical (unpaired) electrons. The molecule has 4 rings (SSSR count). The molecule has 0 aliphatic carbocycles. The third kappa shape index (κ3) is 4.84. The minimum Gasteiger partial charge on any atom is -0.472 e. The second kappa shape index (κ2) is 9.34. The number of aromatic nitrogens is 1. The van der Waals surface area contributed by atoms with E-state index in [1.165, 1.54) is 0 Å². The van der Waals surface area contributed by atoms with Crippen molar-refractivity contribution in [1.29, 1.82) is 0 Å². The van der Waals surface area contributed by atoms with E-state index in [1.54, 1.807) is 47.5 Å². The summed E-state index contributed by atoms with van der Waals surface area (Å²) in [6.07, 6.45) is 5.33. The highest BCUT2D eigenvalue weighted by molar-refractivity contribution is 6.30. The molecule has 3 heterocycles. The zero-order chi connectivity index (χ0) is 20.9. The average Bonchev–Trinajstić information content (AvgIpc) is 3.24. The van der Waals surface area contributed by atoms with Crippen LogP contribution in [0.2, 0.25) is 5.02 Å². The SMILES string of the molecule is O=C(Nc1ccc(Cl)cc1)N1CCC(Oc2ncccc2C(=O)N2CCCCC2)C1. The lowest BCUT2D eigenvalue weighted by Crippen LogP contribution is -2.36. The van der Waals surface area contributed by atoms with Crippen LogP contribution in [-0.2, 0) is 0 Å². The van der Waals surface area contributed by atoms with Crippen molar-refractivity contribution >= 4 is 29.2 Å². The Morgan fingerprint density at radius 3 is 2.57 bits per heavy atom. The van der Waals surface area contributed by atoms with Gasteiger partial charge in [0.15, 0.2) is 0 Å². The lowest BCUT2D eigenvalue weighted by molar-refractivity contribution is 0.0715. The van der Waals surface area contributed by atoms with Crippen molar-refractivity contribution in [3.05, 3.63) is 53.2 Å². The number of rotatable bonds is 4. The summed E-state index contributed by atoms with van der Waals surface area (Å²) in [7, 11) is 0. The molecule has 2 aliphatic heterocycles. The number of anilines is 1. The van der Waals surface area contributed by atoms with E-state index in [-0.39, 0.29) is 18.0 Å². The summed E-state index contributed by atoms with van der Waals surface area (Å²) in [5.74, 6) is 0.311. The third-order valence-corrected chi connectivity index (χ3v) is 5.70. The topological polar surface area (TPSA) is 74.8 Å². The minimum atomic E-state index is -0.205. The highest BCUT2D eigenvalue weighted by atomic mass is 35.5. The smallest absolute Gasteiger partial charge is 0.321 e. The van der Waals surface area contributed by atoms with E-state index in [4.69, 9.17) is 16.3 Å². The molecule has 158 valence electrons. The van der Waals surface area contributed by atoms with Crippen LogP contribution in [-0.4, -0.2) is 59.0 Å². The molecule has 0 spiro atoms. The number of hydrogen-bond acceptors (Lipinski definition) is 4. The first-order chi connectivity index (χ1) is 14.6. The molecule has 0 saturated carbocycles. The van der Waals surface area contributed by atoms with Gasteiger partial charge in [0.1, 0.15) is 11.7 Å². The quantitative estimate of drug-likeness (QED) is 0.797. The number of nitrogens with one attached hydrogen (secondary N) is 1. The maximum Gasteiger partial charge on any atom is 0.321 e. The molecule has 30 heavy (non-hydrogen) atoms. The molecular formula is C22H25ClN4O3. The molecule has 3 amide bonds. The van der Waals surface area contributed by atoms with Crippen LogP contribution in [0.5, 0.6) is 5.88 Å². The van der Waals surface area contributed by atoms with Gasteiger partial charge in [-0.1, -0.05) is 11.6 Å². The number of amides is 3. The van der Waals surface area contributed by atoms with E-state index in [9.17, 15) is 9.59 Å². The number of carbonyl (C=O) groups is 2. The number of hydrogen-bond donors (Lipinski definition) is 1. The largest absolute Gasteiger partial charge is 0.472 e. The van der Waals surface area contributed by atoms with Crippen molar-refractivity contribution in [2.45, 2.75) is 31.8 Å². The number of carbonyl (C=O) groups excluding carboxylic acids is 2. The zero-order valence-electron chi connectivity index (χ0n) is 16.7. The Morgan fingerprint density at radius 1 is 1.03 bits per heavy atom. The maximum atomic E-state index is 12.9. The van der Waals surface area contributed by atoms with Crippen LogP contribution in [0.15, 0.2) is 42.6 Å². The first-order valence-corrected chi connectivity index (χ1v) is 10.7. The zero-order valence-corrected chi connectivity index (χ0v) is 17.5. The second-order valence-corrected chi connectivity index (χ2v) is 8.06. The van der Waals surface area contributed by atoms with Crippen molar-refractivity contribution in [1.82, 2.24) is 14.8 Å². The molecule has 1 N–H and O–H groups in total. The van der Waals surface area contributed by atoms with Gasteiger partial charge in [-0.3, -0.25) is 4.79 Å². The summed E-state index contributed by atoms with van der Waals surface area (Å²) in [5.41, 5.74) is 1.18. The molecular weight excluding hydrogens is 404 g/mol. The third-order valence-electron chi connectivity index (χ3n) is 5.45. The van der Waals surface area contributed by atoms with Gasteiger partial charge in [-0.15, -0.1) is 0 Å². The normalized spacial score (nSPS) is 18.9. The molecule has 2 saturated heterocycles. The molecule has 2 aromatic rings. The number of urea groups is 1. The summed E-state index contributed by atoms with van der Waals surface area (Å²) in [6, 6.07) is 10.3. The number of halogens is 1. The van der Waals surface area contributed by atoms with Crippen molar-refractivity contribution in [2.24, 2.45) is 0 Å². The fourth-order valence-electron chi connectivity index (χ4n) is 3.82.